The second kappa shape index (κ2) is 8.82. The Bertz CT molecular complexity index is 952. The lowest BCUT2D eigenvalue weighted by Gasteiger charge is -2.18. The number of hydrogen-bond donors (Lipinski definition) is 2. The molecule has 0 bridgehead atoms. The van der Waals surface area contributed by atoms with Crippen molar-refractivity contribution in [2.45, 2.75) is 26.7 Å². The van der Waals surface area contributed by atoms with E-state index in [0.717, 1.165) is 41.8 Å². The molecule has 1 aromatic heterocycles. The van der Waals surface area contributed by atoms with E-state index in [1.165, 1.54) is 18.5 Å². The molecule has 1 aliphatic rings. The van der Waals surface area contributed by atoms with Crippen LogP contribution in [-0.4, -0.2) is 29.7 Å². The van der Waals surface area contributed by atoms with E-state index >= 15 is 0 Å². The molecule has 1 aliphatic heterocycles. The van der Waals surface area contributed by atoms with Crippen LogP contribution in [-0.2, 0) is 0 Å². The van der Waals surface area contributed by atoms with Gasteiger partial charge in [-0.05, 0) is 63.1 Å². The average Bonchev–Trinajstić information content (AvgIpc) is 3.25. The molecule has 3 aromatic rings. The number of rotatable bonds is 7. The molecule has 0 saturated carbocycles. The van der Waals surface area contributed by atoms with Gasteiger partial charge in [-0.2, -0.15) is 0 Å². The van der Waals surface area contributed by atoms with Crippen molar-refractivity contribution in [3.05, 3.63) is 60.4 Å². The second-order valence-corrected chi connectivity index (χ2v) is 7.11. The van der Waals surface area contributed by atoms with Gasteiger partial charge in [0.15, 0.2) is 0 Å². The fourth-order valence-electron chi connectivity index (χ4n) is 3.56. The molecule has 6 heteroatoms. The van der Waals surface area contributed by atoms with Gasteiger partial charge in [-0.1, -0.05) is 12.1 Å². The molecule has 2 aromatic carbocycles. The monoisotopic (exact) mass is 389 g/mol. The van der Waals surface area contributed by atoms with Crippen molar-refractivity contribution in [2.24, 2.45) is 0 Å². The zero-order valence-corrected chi connectivity index (χ0v) is 17.0. The van der Waals surface area contributed by atoms with E-state index in [1.807, 2.05) is 44.2 Å². The third-order valence-electron chi connectivity index (χ3n) is 4.90. The molecule has 0 aliphatic carbocycles. The Morgan fingerprint density at radius 3 is 2.34 bits per heavy atom. The molecule has 0 atom stereocenters. The first-order chi connectivity index (χ1) is 14.2. The van der Waals surface area contributed by atoms with Crippen molar-refractivity contribution in [2.75, 3.05) is 35.2 Å². The van der Waals surface area contributed by atoms with E-state index in [0.29, 0.717) is 12.4 Å². The fourth-order valence-corrected chi connectivity index (χ4v) is 3.56. The van der Waals surface area contributed by atoms with Gasteiger partial charge in [0, 0.05) is 30.5 Å². The molecule has 6 nitrogen and oxygen atoms in total. The summed E-state index contributed by atoms with van der Waals surface area (Å²) in [5.74, 6) is 2.97. The van der Waals surface area contributed by atoms with Crippen molar-refractivity contribution >= 4 is 28.7 Å². The highest BCUT2D eigenvalue weighted by atomic mass is 16.5. The Labute approximate surface area is 172 Å². The highest BCUT2D eigenvalue weighted by Gasteiger charge is 2.12. The predicted octanol–water partition coefficient (Wildman–Crippen LogP) is 5.27. The number of benzene rings is 2. The summed E-state index contributed by atoms with van der Waals surface area (Å²) in [6.45, 7) is 6.78. The molecular formula is C23H27N5O. The van der Waals surface area contributed by atoms with Gasteiger partial charge >= 0.3 is 0 Å². The standard InChI is InChI=1S/C23H27N5O/c1-3-29-21-9-5-4-8-20(21)27-23-16-22(24-17(2)25-23)26-18-10-12-19(13-11-18)28-14-6-7-15-28/h4-5,8-13,16H,3,6-7,14-15H2,1-2H3,(H2,24,25,26,27). The highest BCUT2D eigenvalue weighted by molar-refractivity contribution is 5.68. The van der Waals surface area contributed by atoms with Gasteiger partial charge in [0.25, 0.3) is 0 Å². The molecule has 29 heavy (non-hydrogen) atoms. The molecule has 4 rings (SSSR count). The molecular weight excluding hydrogens is 362 g/mol. The molecule has 0 unspecified atom stereocenters. The van der Waals surface area contributed by atoms with Crippen molar-refractivity contribution in [3.8, 4) is 5.75 Å². The quantitative estimate of drug-likeness (QED) is 0.574. The molecule has 2 heterocycles. The van der Waals surface area contributed by atoms with Crippen LogP contribution in [0.15, 0.2) is 54.6 Å². The summed E-state index contributed by atoms with van der Waals surface area (Å²) >= 11 is 0. The zero-order valence-electron chi connectivity index (χ0n) is 17.0. The van der Waals surface area contributed by atoms with Crippen LogP contribution in [0, 0.1) is 6.92 Å². The number of aromatic nitrogens is 2. The first-order valence-corrected chi connectivity index (χ1v) is 10.2. The van der Waals surface area contributed by atoms with Gasteiger partial charge in [0.2, 0.25) is 0 Å². The van der Waals surface area contributed by atoms with Crippen molar-refractivity contribution in [1.29, 1.82) is 0 Å². The zero-order chi connectivity index (χ0) is 20.1. The molecule has 0 spiro atoms. The molecule has 0 amide bonds. The van der Waals surface area contributed by atoms with Crippen LogP contribution < -0.4 is 20.3 Å². The van der Waals surface area contributed by atoms with Crippen molar-refractivity contribution < 1.29 is 4.74 Å². The number of ether oxygens (including phenoxy) is 1. The lowest BCUT2D eigenvalue weighted by atomic mass is 10.2. The van der Waals surface area contributed by atoms with Gasteiger partial charge in [0.1, 0.15) is 23.2 Å². The molecule has 150 valence electrons. The lowest BCUT2D eigenvalue weighted by Crippen LogP contribution is -2.17. The molecule has 0 radical (unpaired) electrons. The number of nitrogens with zero attached hydrogens (tertiary/aromatic N) is 3. The van der Waals surface area contributed by atoms with E-state index in [9.17, 15) is 0 Å². The summed E-state index contributed by atoms with van der Waals surface area (Å²) in [6.07, 6.45) is 2.56. The number of anilines is 5. The first kappa shape index (κ1) is 19.1. The SMILES string of the molecule is CCOc1ccccc1Nc1cc(Nc2ccc(N3CCCC3)cc2)nc(C)n1. The second-order valence-electron chi connectivity index (χ2n) is 7.11. The molecule has 1 fully saturated rings. The average molecular weight is 390 g/mol. The molecule has 1 saturated heterocycles. The summed E-state index contributed by atoms with van der Waals surface area (Å²) in [5, 5.41) is 6.74. The summed E-state index contributed by atoms with van der Waals surface area (Å²) in [4.78, 5) is 11.5. The van der Waals surface area contributed by atoms with E-state index in [2.05, 4.69) is 49.8 Å². The molecule has 2 N–H and O–H groups in total. The Morgan fingerprint density at radius 1 is 0.931 bits per heavy atom. The van der Waals surface area contributed by atoms with E-state index in [-0.39, 0.29) is 0 Å². The maximum atomic E-state index is 5.69. The van der Waals surface area contributed by atoms with Crippen LogP contribution in [0.1, 0.15) is 25.6 Å². The number of para-hydroxylation sites is 2. The fraction of sp³-hybridized carbons (Fsp3) is 0.304. The minimum atomic E-state index is 0.613. The van der Waals surface area contributed by atoms with Crippen LogP contribution in [0.25, 0.3) is 0 Å². The lowest BCUT2D eigenvalue weighted by molar-refractivity contribution is 0.342. The maximum Gasteiger partial charge on any atom is 0.142 e. The largest absolute Gasteiger partial charge is 0.492 e. The van der Waals surface area contributed by atoms with Crippen LogP contribution in [0.3, 0.4) is 0 Å². The third kappa shape index (κ3) is 4.77. The summed E-state index contributed by atoms with van der Waals surface area (Å²) < 4.78 is 5.69. The van der Waals surface area contributed by atoms with Gasteiger partial charge < -0.3 is 20.3 Å². The van der Waals surface area contributed by atoms with Crippen LogP contribution in [0.5, 0.6) is 5.75 Å². The van der Waals surface area contributed by atoms with Crippen LogP contribution in [0.2, 0.25) is 0 Å². The number of hydrogen-bond acceptors (Lipinski definition) is 6. The number of aryl methyl sites for hydroxylation is 1. The number of nitrogens with one attached hydrogen (secondary N) is 2. The predicted molar refractivity (Wildman–Crippen MR) is 119 cm³/mol. The maximum absolute atomic E-state index is 5.69. The van der Waals surface area contributed by atoms with Crippen LogP contribution in [0.4, 0.5) is 28.7 Å². The Morgan fingerprint density at radius 2 is 1.62 bits per heavy atom. The normalized spacial score (nSPS) is 13.4. The minimum absolute atomic E-state index is 0.613. The Balaban J connectivity index is 1.50. The first-order valence-electron chi connectivity index (χ1n) is 10.2. The van der Waals surface area contributed by atoms with E-state index < -0.39 is 0 Å². The van der Waals surface area contributed by atoms with Crippen LogP contribution >= 0.6 is 0 Å². The minimum Gasteiger partial charge on any atom is -0.492 e. The van der Waals surface area contributed by atoms with E-state index in [1.54, 1.807) is 0 Å². The van der Waals surface area contributed by atoms with Crippen molar-refractivity contribution in [1.82, 2.24) is 9.97 Å². The highest BCUT2D eigenvalue weighted by Crippen LogP contribution is 2.28. The van der Waals surface area contributed by atoms with Gasteiger partial charge in [-0.3, -0.25) is 0 Å². The summed E-state index contributed by atoms with van der Waals surface area (Å²) in [6, 6.07) is 18.3. The summed E-state index contributed by atoms with van der Waals surface area (Å²) in [7, 11) is 0. The van der Waals surface area contributed by atoms with Gasteiger partial charge in [-0.15, -0.1) is 0 Å². The Kier molecular flexibility index (Phi) is 5.79. The summed E-state index contributed by atoms with van der Waals surface area (Å²) in [5.41, 5.74) is 3.17. The Hall–Kier alpha value is -3.28. The van der Waals surface area contributed by atoms with Gasteiger partial charge in [0.05, 0.1) is 12.3 Å². The third-order valence-corrected chi connectivity index (χ3v) is 4.90. The smallest absolute Gasteiger partial charge is 0.142 e. The topological polar surface area (TPSA) is 62.3 Å². The van der Waals surface area contributed by atoms with E-state index in [4.69, 9.17) is 4.74 Å². The van der Waals surface area contributed by atoms with Gasteiger partial charge in [-0.25, -0.2) is 9.97 Å². The van der Waals surface area contributed by atoms with Crippen molar-refractivity contribution in [3.63, 3.8) is 0 Å².